The van der Waals surface area contributed by atoms with Crippen molar-refractivity contribution in [2.45, 2.75) is 19.4 Å². The van der Waals surface area contributed by atoms with Gasteiger partial charge in [-0.2, -0.15) is 0 Å². The molecule has 0 saturated carbocycles. The van der Waals surface area contributed by atoms with Crippen LogP contribution in [0.3, 0.4) is 0 Å². The van der Waals surface area contributed by atoms with Crippen LogP contribution in [-0.2, 0) is 11.2 Å². The molecule has 2 heterocycles. The van der Waals surface area contributed by atoms with Gasteiger partial charge in [-0.25, -0.2) is 4.98 Å². The number of nitrogens with one attached hydrogen (secondary N) is 2. The second-order valence-corrected chi connectivity index (χ2v) is 5.41. The first-order valence-corrected chi connectivity index (χ1v) is 7.35. The van der Waals surface area contributed by atoms with E-state index in [1.807, 2.05) is 31.5 Å². The molecule has 0 saturated heterocycles. The molecule has 0 aliphatic carbocycles. The number of halogens is 2. The molecular weight excluding hydrogens is 343 g/mol. The van der Waals surface area contributed by atoms with Gasteiger partial charge in [0.25, 0.3) is 0 Å². The molecule has 22 heavy (non-hydrogen) atoms. The molecule has 0 aliphatic heterocycles. The second kappa shape index (κ2) is 10.5. The minimum Gasteiger partial charge on any atom is -0.354 e. The summed E-state index contributed by atoms with van der Waals surface area (Å²) in [5.41, 5.74) is 1.77. The highest BCUT2D eigenvalue weighted by Crippen LogP contribution is 2.22. The van der Waals surface area contributed by atoms with Crippen LogP contribution in [0.5, 0.6) is 0 Å². The summed E-state index contributed by atoms with van der Waals surface area (Å²) in [7, 11) is 1.87. The van der Waals surface area contributed by atoms with E-state index >= 15 is 0 Å². The zero-order chi connectivity index (χ0) is 14.4. The summed E-state index contributed by atoms with van der Waals surface area (Å²) in [4.78, 5) is 20.3. The summed E-state index contributed by atoms with van der Waals surface area (Å²) in [5, 5.41) is 8.77. The maximum Gasteiger partial charge on any atom is 0.226 e. The van der Waals surface area contributed by atoms with Gasteiger partial charge in [0.1, 0.15) is 5.01 Å². The van der Waals surface area contributed by atoms with Gasteiger partial charge in [-0.3, -0.25) is 9.78 Å². The standard InChI is InChI=1S/C14H18N4OS.2ClH/c1-10(15-2)7-17-13(19)6-12-9-20-14(18-12)11-4-3-5-16-8-11;;/h3-5,8-10,15H,6-7H2,1-2H3,(H,17,19);2*1H. The molecule has 5 nitrogen and oxygen atoms in total. The lowest BCUT2D eigenvalue weighted by Gasteiger charge is -2.10. The summed E-state index contributed by atoms with van der Waals surface area (Å²) >= 11 is 1.53. The molecule has 0 radical (unpaired) electrons. The first-order valence-electron chi connectivity index (χ1n) is 6.48. The maximum absolute atomic E-state index is 11.8. The third kappa shape index (κ3) is 6.27. The van der Waals surface area contributed by atoms with Crippen LogP contribution in [-0.4, -0.2) is 35.5 Å². The van der Waals surface area contributed by atoms with Gasteiger partial charge in [0.2, 0.25) is 5.91 Å². The van der Waals surface area contributed by atoms with Gasteiger partial charge in [0.05, 0.1) is 12.1 Å². The average molecular weight is 363 g/mol. The van der Waals surface area contributed by atoms with Crippen molar-refractivity contribution in [2.75, 3.05) is 13.6 Å². The molecule has 1 amide bonds. The Balaban J connectivity index is 0.00000220. The number of thiazole rings is 1. The molecule has 1 atom stereocenters. The second-order valence-electron chi connectivity index (χ2n) is 4.56. The van der Waals surface area contributed by atoms with E-state index in [1.54, 1.807) is 12.4 Å². The van der Waals surface area contributed by atoms with Crippen molar-refractivity contribution in [2.24, 2.45) is 0 Å². The Morgan fingerprint density at radius 3 is 2.82 bits per heavy atom. The predicted octanol–water partition coefficient (Wildman–Crippen LogP) is 2.32. The van der Waals surface area contributed by atoms with E-state index in [2.05, 4.69) is 20.6 Å². The lowest BCUT2D eigenvalue weighted by molar-refractivity contribution is -0.120. The summed E-state index contributed by atoms with van der Waals surface area (Å²) in [6.07, 6.45) is 3.82. The molecular formula is C14H20Cl2N4OS. The number of hydrogen-bond acceptors (Lipinski definition) is 5. The molecule has 0 spiro atoms. The van der Waals surface area contributed by atoms with Gasteiger partial charge in [-0.15, -0.1) is 36.2 Å². The fraction of sp³-hybridized carbons (Fsp3) is 0.357. The van der Waals surface area contributed by atoms with Crippen molar-refractivity contribution in [3.63, 3.8) is 0 Å². The molecule has 122 valence electrons. The van der Waals surface area contributed by atoms with E-state index < -0.39 is 0 Å². The number of rotatable bonds is 6. The first kappa shape index (κ1) is 20.8. The van der Waals surface area contributed by atoms with E-state index in [-0.39, 0.29) is 36.8 Å². The Morgan fingerprint density at radius 2 is 2.18 bits per heavy atom. The highest BCUT2D eigenvalue weighted by molar-refractivity contribution is 7.13. The van der Waals surface area contributed by atoms with Crippen molar-refractivity contribution in [1.82, 2.24) is 20.6 Å². The Kier molecular flexibility index (Phi) is 9.93. The molecule has 8 heteroatoms. The van der Waals surface area contributed by atoms with Gasteiger partial charge in [-0.1, -0.05) is 0 Å². The number of pyridine rings is 1. The number of carbonyl (C=O) groups excluding carboxylic acids is 1. The maximum atomic E-state index is 11.8. The van der Waals surface area contributed by atoms with Crippen molar-refractivity contribution in [3.05, 3.63) is 35.6 Å². The quantitative estimate of drug-likeness (QED) is 0.827. The molecule has 0 aliphatic rings. The van der Waals surface area contributed by atoms with E-state index in [9.17, 15) is 4.79 Å². The highest BCUT2D eigenvalue weighted by atomic mass is 35.5. The van der Waals surface area contributed by atoms with E-state index in [4.69, 9.17) is 0 Å². The summed E-state index contributed by atoms with van der Waals surface area (Å²) in [6, 6.07) is 4.10. The van der Waals surface area contributed by atoms with Crippen molar-refractivity contribution < 1.29 is 4.79 Å². The van der Waals surface area contributed by atoms with Crippen LogP contribution in [0.15, 0.2) is 29.9 Å². The SMILES string of the molecule is CNC(C)CNC(=O)Cc1csc(-c2cccnc2)n1.Cl.Cl. The minimum absolute atomic E-state index is 0. The van der Waals surface area contributed by atoms with Gasteiger partial charge < -0.3 is 10.6 Å². The lowest BCUT2D eigenvalue weighted by Crippen LogP contribution is -2.37. The van der Waals surface area contributed by atoms with E-state index in [0.29, 0.717) is 13.0 Å². The monoisotopic (exact) mass is 362 g/mol. The molecule has 1 unspecified atom stereocenters. The van der Waals surface area contributed by atoms with Crippen molar-refractivity contribution in [3.8, 4) is 10.6 Å². The Morgan fingerprint density at radius 1 is 1.41 bits per heavy atom. The van der Waals surface area contributed by atoms with Gasteiger partial charge in [-0.05, 0) is 26.1 Å². The smallest absolute Gasteiger partial charge is 0.226 e. The number of nitrogens with zero attached hydrogens (tertiary/aromatic N) is 2. The number of likely N-dealkylation sites (N-methyl/N-ethyl adjacent to an activating group) is 1. The average Bonchev–Trinajstić information content (AvgIpc) is 2.94. The molecule has 2 aromatic rings. The topological polar surface area (TPSA) is 66.9 Å². The largest absolute Gasteiger partial charge is 0.354 e. The minimum atomic E-state index is -0.00450. The fourth-order valence-electron chi connectivity index (χ4n) is 1.61. The summed E-state index contributed by atoms with van der Waals surface area (Å²) < 4.78 is 0. The number of carbonyl (C=O) groups is 1. The van der Waals surface area contributed by atoms with Crippen LogP contribution in [0, 0.1) is 0 Å². The van der Waals surface area contributed by atoms with Crippen molar-refractivity contribution >= 4 is 42.1 Å². The van der Waals surface area contributed by atoms with Gasteiger partial charge in [0, 0.05) is 35.9 Å². The third-order valence-electron chi connectivity index (χ3n) is 2.90. The van der Waals surface area contributed by atoms with Gasteiger partial charge in [0.15, 0.2) is 0 Å². The number of amides is 1. The zero-order valence-corrected chi connectivity index (χ0v) is 14.9. The fourth-order valence-corrected chi connectivity index (χ4v) is 2.42. The third-order valence-corrected chi connectivity index (χ3v) is 3.84. The molecule has 0 bridgehead atoms. The van der Waals surface area contributed by atoms with Crippen LogP contribution < -0.4 is 10.6 Å². The zero-order valence-electron chi connectivity index (χ0n) is 12.4. The first-order chi connectivity index (χ1) is 9.69. The Bertz CT molecular complexity index is 565. The van der Waals surface area contributed by atoms with Gasteiger partial charge >= 0.3 is 0 Å². The van der Waals surface area contributed by atoms with Crippen molar-refractivity contribution in [1.29, 1.82) is 0 Å². The Labute approximate surface area is 146 Å². The Hall–Kier alpha value is -1.21. The van der Waals surface area contributed by atoms with E-state index in [1.165, 1.54) is 11.3 Å². The van der Waals surface area contributed by atoms with Crippen LogP contribution in [0.25, 0.3) is 10.6 Å². The lowest BCUT2D eigenvalue weighted by atomic mass is 10.3. The molecule has 0 fully saturated rings. The van der Waals surface area contributed by atoms with Crippen LogP contribution in [0.4, 0.5) is 0 Å². The molecule has 2 N–H and O–H groups in total. The predicted molar refractivity (Wildman–Crippen MR) is 95.1 cm³/mol. The molecule has 0 aromatic carbocycles. The highest BCUT2D eigenvalue weighted by Gasteiger charge is 2.09. The van der Waals surface area contributed by atoms with Crippen LogP contribution >= 0.6 is 36.2 Å². The molecule has 2 rings (SSSR count). The number of aromatic nitrogens is 2. The van der Waals surface area contributed by atoms with Crippen LogP contribution in [0.1, 0.15) is 12.6 Å². The normalized spacial score (nSPS) is 11.0. The van der Waals surface area contributed by atoms with E-state index in [0.717, 1.165) is 16.3 Å². The summed E-state index contributed by atoms with van der Waals surface area (Å²) in [5.74, 6) is -0.00450. The van der Waals surface area contributed by atoms with Crippen LogP contribution in [0.2, 0.25) is 0 Å². The summed E-state index contributed by atoms with van der Waals surface area (Å²) in [6.45, 7) is 2.64. The number of hydrogen-bond donors (Lipinski definition) is 2. The molecule has 2 aromatic heterocycles.